The summed E-state index contributed by atoms with van der Waals surface area (Å²) in [6.45, 7) is 3.93. The number of carboxylic acids is 1. The molecule has 1 saturated heterocycles. The van der Waals surface area contributed by atoms with Crippen LogP contribution in [-0.2, 0) is 9.59 Å². The molecule has 7 nitrogen and oxygen atoms in total. The summed E-state index contributed by atoms with van der Waals surface area (Å²) >= 11 is 1.64. The standard InChI is InChI=1S/C12H21N3O4S/c1-12(2,10(13)18)7-14-11(19)15-3-4-20-6-8(15)5-9(16)17/h8H,3-7H2,1-2H3,(H2,13,18)(H,14,19)(H,16,17). The number of nitrogens with zero attached hydrogens (tertiary/aromatic N) is 1. The van der Waals surface area contributed by atoms with Gasteiger partial charge in [-0.25, -0.2) is 4.79 Å². The van der Waals surface area contributed by atoms with Gasteiger partial charge in [0, 0.05) is 24.6 Å². The van der Waals surface area contributed by atoms with Gasteiger partial charge in [-0.2, -0.15) is 11.8 Å². The Bertz CT molecular complexity index is 400. The predicted octanol–water partition coefficient (Wildman–Crippen LogP) is 0.0996. The van der Waals surface area contributed by atoms with Crippen LogP contribution >= 0.6 is 11.8 Å². The third kappa shape index (κ3) is 4.59. The maximum atomic E-state index is 12.1. The Balaban J connectivity index is 2.59. The molecule has 0 aromatic heterocycles. The number of thioether (sulfide) groups is 1. The number of carbonyl (C=O) groups is 3. The minimum atomic E-state index is -0.923. The van der Waals surface area contributed by atoms with E-state index in [2.05, 4.69) is 5.32 Å². The van der Waals surface area contributed by atoms with E-state index in [9.17, 15) is 14.4 Å². The molecule has 1 heterocycles. The highest BCUT2D eigenvalue weighted by atomic mass is 32.2. The van der Waals surface area contributed by atoms with Gasteiger partial charge in [0.25, 0.3) is 0 Å². The number of aliphatic carboxylic acids is 1. The topological polar surface area (TPSA) is 113 Å². The highest BCUT2D eigenvalue weighted by molar-refractivity contribution is 7.99. The van der Waals surface area contributed by atoms with Crippen molar-refractivity contribution >= 4 is 29.7 Å². The molecule has 114 valence electrons. The second kappa shape index (κ2) is 6.83. The van der Waals surface area contributed by atoms with E-state index < -0.39 is 17.3 Å². The van der Waals surface area contributed by atoms with Crippen LogP contribution in [-0.4, -0.2) is 58.6 Å². The predicted molar refractivity (Wildman–Crippen MR) is 76.4 cm³/mol. The van der Waals surface area contributed by atoms with Crippen molar-refractivity contribution in [3.05, 3.63) is 0 Å². The molecule has 0 spiro atoms. The number of urea groups is 1. The van der Waals surface area contributed by atoms with E-state index in [-0.39, 0.29) is 25.0 Å². The SMILES string of the molecule is CC(C)(CNC(=O)N1CCSCC1CC(=O)O)C(N)=O. The molecule has 1 aliphatic heterocycles. The summed E-state index contributed by atoms with van der Waals surface area (Å²) < 4.78 is 0. The molecule has 1 atom stereocenters. The Labute approximate surface area is 122 Å². The molecule has 1 rings (SSSR count). The lowest BCUT2D eigenvalue weighted by atomic mass is 9.93. The van der Waals surface area contributed by atoms with Crippen LogP contribution < -0.4 is 11.1 Å². The molecule has 3 amide bonds. The van der Waals surface area contributed by atoms with E-state index in [1.165, 1.54) is 4.90 Å². The molecule has 0 radical (unpaired) electrons. The van der Waals surface area contributed by atoms with Crippen molar-refractivity contribution in [3.63, 3.8) is 0 Å². The molecule has 0 saturated carbocycles. The maximum Gasteiger partial charge on any atom is 0.317 e. The van der Waals surface area contributed by atoms with Gasteiger partial charge in [0.1, 0.15) is 0 Å². The average Bonchev–Trinajstić information content (AvgIpc) is 2.36. The highest BCUT2D eigenvalue weighted by Gasteiger charge is 2.31. The van der Waals surface area contributed by atoms with Crippen molar-refractivity contribution in [1.82, 2.24) is 10.2 Å². The van der Waals surface area contributed by atoms with Gasteiger partial charge >= 0.3 is 12.0 Å². The lowest BCUT2D eigenvalue weighted by Gasteiger charge is -2.35. The number of hydrogen-bond donors (Lipinski definition) is 3. The Hall–Kier alpha value is -1.44. The fourth-order valence-electron chi connectivity index (χ4n) is 1.78. The van der Waals surface area contributed by atoms with Crippen LogP contribution in [0.2, 0.25) is 0 Å². The highest BCUT2D eigenvalue weighted by Crippen LogP contribution is 2.19. The first kappa shape index (κ1) is 16.6. The molecular formula is C12H21N3O4S. The number of hydrogen-bond acceptors (Lipinski definition) is 4. The summed E-state index contributed by atoms with van der Waals surface area (Å²) in [5, 5.41) is 11.5. The van der Waals surface area contributed by atoms with E-state index in [0.717, 1.165) is 5.75 Å². The lowest BCUT2D eigenvalue weighted by molar-refractivity contribution is -0.138. The van der Waals surface area contributed by atoms with Crippen LogP contribution in [0.15, 0.2) is 0 Å². The Morgan fingerprint density at radius 1 is 1.45 bits per heavy atom. The zero-order valence-corrected chi connectivity index (χ0v) is 12.5. The second-order valence-electron chi connectivity index (χ2n) is 5.43. The second-order valence-corrected chi connectivity index (χ2v) is 6.58. The molecule has 1 aliphatic rings. The van der Waals surface area contributed by atoms with Crippen molar-refractivity contribution in [1.29, 1.82) is 0 Å². The van der Waals surface area contributed by atoms with E-state index in [4.69, 9.17) is 10.8 Å². The minimum absolute atomic E-state index is 0.0698. The quantitative estimate of drug-likeness (QED) is 0.666. The van der Waals surface area contributed by atoms with Gasteiger partial charge in [0.15, 0.2) is 0 Å². The van der Waals surface area contributed by atoms with Crippen LogP contribution in [0, 0.1) is 5.41 Å². The molecule has 4 N–H and O–H groups in total. The van der Waals surface area contributed by atoms with Gasteiger partial charge in [0.2, 0.25) is 5.91 Å². The number of carboxylic acid groups (broad SMARTS) is 1. The van der Waals surface area contributed by atoms with Gasteiger partial charge in [-0.15, -0.1) is 0 Å². The number of nitrogens with one attached hydrogen (secondary N) is 1. The Morgan fingerprint density at radius 2 is 2.10 bits per heavy atom. The molecular weight excluding hydrogens is 282 g/mol. The molecule has 1 unspecified atom stereocenters. The first-order valence-corrected chi connectivity index (χ1v) is 7.53. The maximum absolute atomic E-state index is 12.1. The Morgan fingerprint density at radius 3 is 2.65 bits per heavy atom. The monoisotopic (exact) mass is 303 g/mol. The molecule has 1 fully saturated rings. The smallest absolute Gasteiger partial charge is 0.317 e. The van der Waals surface area contributed by atoms with Crippen molar-refractivity contribution in [2.24, 2.45) is 11.1 Å². The Kier molecular flexibility index (Phi) is 5.67. The van der Waals surface area contributed by atoms with Gasteiger partial charge < -0.3 is 21.1 Å². The van der Waals surface area contributed by atoms with Crippen molar-refractivity contribution in [3.8, 4) is 0 Å². The number of nitrogens with two attached hydrogens (primary N) is 1. The van der Waals surface area contributed by atoms with E-state index in [1.54, 1.807) is 25.6 Å². The number of carbonyl (C=O) groups excluding carboxylic acids is 2. The van der Waals surface area contributed by atoms with Gasteiger partial charge in [0.05, 0.1) is 17.9 Å². The summed E-state index contributed by atoms with van der Waals surface area (Å²) in [5.41, 5.74) is 4.41. The van der Waals surface area contributed by atoms with Crippen molar-refractivity contribution < 1.29 is 19.5 Å². The third-order valence-electron chi connectivity index (χ3n) is 3.25. The van der Waals surface area contributed by atoms with Crippen LogP contribution in [0.3, 0.4) is 0 Å². The van der Waals surface area contributed by atoms with Crippen molar-refractivity contribution in [2.75, 3.05) is 24.6 Å². The van der Waals surface area contributed by atoms with Crippen molar-refractivity contribution in [2.45, 2.75) is 26.3 Å². The van der Waals surface area contributed by atoms with Crippen LogP contribution in [0.4, 0.5) is 4.79 Å². The molecule has 8 heteroatoms. The van der Waals surface area contributed by atoms with Gasteiger partial charge in [-0.3, -0.25) is 9.59 Å². The largest absolute Gasteiger partial charge is 0.481 e. The van der Waals surface area contributed by atoms with Gasteiger partial charge in [-0.05, 0) is 13.8 Å². The van der Waals surface area contributed by atoms with E-state index in [0.29, 0.717) is 12.3 Å². The fourth-order valence-corrected chi connectivity index (χ4v) is 2.84. The minimum Gasteiger partial charge on any atom is -0.481 e. The molecule has 20 heavy (non-hydrogen) atoms. The number of rotatable bonds is 5. The molecule has 0 aromatic rings. The van der Waals surface area contributed by atoms with Crippen LogP contribution in [0.5, 0.6) is 0 Å². The summed E-state index contributed by atoms with van der Waals surface area (Å²) in [4.78, 5) is 35.7. The summed E-state index contributed by atoms with van der Waals surface area (Å²) in [7, 11) is 0. The zero-order valence-electron chi connectivity index (χ0n) is 11.7. The number of amides is 3. The first-order chi connectivity index (χ1) is 9.24. The lowest BCUT2D eigenvalue weighted by Crippen LogP contribution is -2.53. The summed E-state index contributed by atoms with van der Waals surface area (Å²) in [6.07, 6.45) is -0.0698. The molecule has 0 aromatic carbocycles. The fraction of sp³-hybridized carbons (Fsp3) is 0.750. The molecule has 0 bridgehead atoms. The average molecular weight is 303 g/mol. The normalized spacial score (nSPS) is 19.5. The first-order valence-electron chi connectivity index (χ1n) is 6.38. The molecule has 0 aliphatic carbocycles. The van der Waals surface area contributed by atoms with Crippen LogP contribution in [0.1, 0.15) is 20.3 Å². The summed E-state index contributed by atoms with van der Waals surface area (Å²) in [5.74, 6) is -0.0244. The van der Waals surface area contributed by atoms with Crippen LogP contribution in [0.25, 0.3) is 0 Å². The third-order valence-corrected chi connectivity index (χ3v) is 4.34. The summed E-state index contributed by atoms with van der Waals surface area (Å²) in [6, 6.07) is -0.659. The van der Waals surface area contributed by atoms with E-state index in [1.807, 2.05) is 0 Å². The number of primary amides is 1. The zero-order chi connectivity index (χ0) is 15.3. The van der Waals surface area contributed by atoms with E-state index >= 15 is 0 Å². The van der Waals surface area contributed by atoms with Gasteiger partial charge in [-0.1, -0.05) is 0 Å².